The zero-order chi connectivity index (χ0) is 16.6. The number of fused-ring (bicyclic) bond motifs is 1. The summed E-state index contributed by atoms with van der Waals surface area (Å²) in [5.74, 6) is -0.250. The van der Waals surface area contributed by atoms with Crippen LogP contribution in [0.5, 0.6) is 5.75 Å². The summed E-state index contributed by atoms with van der Waals surface area (Å²) in [6, 6.07) is 4.25. The van der Waals surface area contributed by atoms with Gasteiger partial charge in [0.1, 0.15) is 0 Å². The number of H-pyrrole nitrogens is 1. The summed E-state index contributed by atoms with van der Waals surface area (Å²) in [4.78, 5) is 30.6. The summed E-state index contributed by atoms with van der Waals surface area (Å²) in [5.41, 5.74) is 6.98. The van der Waals surface area contributed by atoms with Crippen molar-refractivity contribution in [2.45, 2.75) is 19.5 Å². The minimum absolute atomic E-state index is 0.113. The van der Waals surface area contributed by atoms with Crippen LogP contribution in [0.15, 0.2) is 23.0 Å². The lowest BCUT2D eigenvalue weighted by Gasteiger charge is -2.27. The third-order valence-electron chi connectivity index (χ3n) is 3.81. The summed E-state index contributed by atoms with van der Waals surface area (Å²) >= 11 is 0. The Morgan fingerprint density at radius 3 is 2.96 bits per heavy atom. The molecule has 1 aromatic carbocycles. The van der Waals surface area contributed by atoms with Gasteiger partial charge >= 0.3 is 5.69 Å². The number of phenolic OH excluding ortho intramolecular Hbond substituents is 1. The van der Waals surface area contributed by atoms with E-state index < -0.39 is 4.92 Å². The summed E-state index contributed by atoms with van der Waals surface area (Å²) in [5, 5.41) is 20.4. The van der Waals surface area contributed by atoms with Crippen LogP contribution < -0.4 is 11.3 Å². The second kappa shape index (κ2) is 5.69. The molecule has 2 heterocycles. The van der Waals surface area contributed by atoms with Crippen LogP contribution in [0.25, 0.3) is 0 Å². The number of hydrogen-bond acceptors (Lipinski definition) is 7. The smallest absolute Gasteiger partial charge is 0.310 e. The number of nitro benzene ring substituents is 1. The molecule has 0 bridgehead atoms. The standard InChI is InChI=1S/C14H15N5O4/c15-14-16-10-3-4-18(7-9(10)13(21)17-14)6-8-1-2-11(19(22)23)12(20)5-8/h1-2,5,20H,3-4,6-7H2,(H3,15,16,17,21). The highest BCUT2D eigenvalue weighted by molar-refractivity contribution is 5.47. The molecule has 1 aliphatic rings. The van der Waals surface area contributed by atoms with E-state index in [1.165, 1.54) is 12.1 Å². The molecule has 0 amide bonds. The summed E-state index contributed by atoms with van der Waals surface area (Å²) in [7, 11) is 0. The van der Waals surface area contributed by atoms with Gasteiger partial charge in [-0.25, -0.2) is 4.98 Å². The van der Waals surface area contributed by atoms with E-state index in [-0.39, 0.29) is 22.9 Å². The molecule has 9 nitrogen and oxygen atoms in total. The van der Waals surface area contributed by atoms with Crippen molar-refractivity contribution in [2.75, 3.05) is 12.3 Å². The molecule has 9 heteroatoms. The lowest BCUT2D eigenvalue weighted by atomic mass is 10.1. The number of aromatic nitrogens is 2. The molecule has 0 saturated heterocycles. The van der Waals surface area contributed by atoms with Crippen molar-refractivity contribution in [3.63, 3.8) is 0 Å². The van der Waals surface area contributed by atoms with E-state index in [9.17, 15) is 20.0 Å². The van der Waals surface area contributed by atoms with E-state index in [1.807, 2.05) is 4.90 Å². The van der Waals surface area contributed by atoms with Crippen molar-refractivity contribution < 1.29 is 10.0 Å². The Kier molecular flexibility index (Phi) is 3.70. The number of nitrogens with one attached hydrogen (secondary N) is 1. The van der Waals surface area contributed by atoms with E-state index in [4.69, 9.17) is 5.73 Å². The van der Waals surface area contributed by atoms with Crippen LogP contribution in [0.3, 0.4) is 0 Å². The first-order chi connectivity index (χ1) is 10.9. The van der Waals surface area contributed by atoms with Gasteiger partial charge in [-0.1, -0.05) is 6.07 Å². The molecule has 3 rings (SSSR count). The molecule has 1 aromatic heterocycles. The third kappa shape index (κ3) is 2.99. The first kappa shape index (κ1) is 15.0. The van der Waals surface area contributed by atoms with Gasteiger partial charge in [0, 0.05) is 32.1 Å². The number of nitro groups is 1. The van der Waals surface area contributed by atoms with Crippen LogP contribution in [-0.4, -0.2) is 31.4 Å². The molecular weight excluding hydrogens is 302 g/mol. The third-order valence-corrected chi connectivity index (χ3v) is 3.81. The number of nitrogen functional groups attached to an aromatic ring is 1. The maximum Gasteiger partial charge on any atom is 0.310 e. The van der Waals surface area contributed by atoms with Gasteiger partial charge in [-0.15, -0.1) is 0 Å². The molecule has 0 spiro atoms. The maximum absolute atomic E-state index is 11.9. The molecule has 0 radical (unpaired) electrons. The topological polar surface area (TPSA) is 138 Å². The van der Waals surface area contributed by atoms with Crippen molar-refractivity contribution in [1.29, 1.82) is 0 Å². The summed E-state index contributed by atoms with van der Waals surface area (Å²) in [6.07, 6.45) is 0.600. The van der Waals surface area contributed by atoms with Crippen LogP contribution in [0.1, 0.15) is 16.8 Å². The lowest BCUT2D eigenvalue weighted by molar-refractivity contribution is -0.385. The number of anilines is 1. The van der Waals surface area contributed by atoms with Gasteiger partial charge in [0.05, 0.1) is 16.2 Å². The number of nitrogens with two attached hydrogens (primary N) is 1. The molecule has 23 heavy (non-hydrogen) atoms. The number of hydrogen-bond donors (Lipinski definition) is 3. The molecular formula is C14H15N5O4. The van der Waals surface area contributed by atoms with Gasteiger partial charge in [0.2, 0.25) is 5.95 Å². The number of phenols is 1. The van der Waals surface area contributed by atoms with Crippen molar-refractivity contribution in [3.05, 3.63) is 55.5 Å². The molecule has 0 aliphatic carbocycles. The van der Waals surface area contributed by atoms with E-state index in [1.54, 1.807) is 6.07 Å². The monoisotopic (exact) mass is 317 g/mol. The van der Waals surface area contributed by atoms with Gasteiger partial charge in [-0.2, -0.15) is 0 Å². The largest absolute Gasteiger partial charge is 0.502 e. The minimum atomic E-state index is -0.633. The molecule has 120 valence electrons. The number of benzene rings is 1. The Balaban J connectivity index is 1.79. The second-order valence-electron chi connectivity index (χ2n) is 5.42. The fraction of sp³-hybridized carbons (Fsp3) is 0.286. The highest BCUT2D eigenvalue weighted by Gasteiger charge is 2.21. The van der Waals surface area contributed by atoms with E-state index in [0.717, 1.165) is 5.56 Å². The minimum Gasteiger partial charge on any atom is -0.502 e. The molecule has 0 saturated carbocycles. The second-order valence-corrected chi connectivity index (χ2v) is 5.42. The highest BCUT2D eigenvalue weighted by Crippen LogP contribution is 2.27. The van der Waals surface area contributed by atoms with Gasteiger partial charge in [-0.3, -0.25) is 24.8 Å². The van der Waals surface area contributed by atoms with E-state index in [2.05, 4.69) is 9.97 Å². The molecule has 4 N–H and O–H groups in total. The van der Waals surface area contributed by atoms with E-state index in [0.29, 0.717) is 37.3 Å². The van der Waals surface area contributed by atoms with Crippen LogP contribution in [0.4, 0.5) is 11.6 Å². The van der Waals surface area contributed by atoms with Crippen molar-refractivity contribution >= 4 is 11.6 Å². The number of rotatable bonds is 3. The van der Waals surface area contributed by atoms with Gasteiger partial charge in [0.15, 0.2) is 5.75 Å². The van der Waals surface area contributed by atoms with E-state index >= 15 is 0 Å². The summed E-state index contributed by atoms with van der Waals surface area (Å²) < 4.78 is 0. The Morgan fingerprint density at radius 2 is 2.26 bits per heavy atom. The van der Waals surface area contributed by atoms with Gasteiger partial charge in [0.25, 0.3) is 5.56 Å². The van der Waals surface area contributed by atoms with Crippen LogP contribution in [0, 0.1) is 10.1 Å². The Hall–Kier alpha value is -2.94. The summed E-state index contributed by atoms with van der Waals surface area (Å²) in [6.45, 7) is 1.56. The molecule has 0 unspecified atom stereocenters. The highest BCUT2D eigenvalue weighted by atomic mass is 16.6. The number of nitrogens with zero attached hydrogens (tertiary/aromatic N) is 3. The Bertz CT molecular complexity index is 832. The molecule has 0 fully saturated rings. The van der Waals surface area contributed by atoms with Crippen LogP contribution >= 0.6 is 0 Å². The van der Waals surface area contributed by atoms with Crippen LogP contribution in [0.2, 0.25) is 0 Å². The van der Waals surface area contributed by atoms with Crippen molar-refractivity contribution in [3.8, 4) is 5.75 Å². The Labute approximate surface area is 130 Å². The zero-order valence-electron chi connectivity index (χ0n) is 12.2. The number of aromatic hydroxyl groups is 1. The predicted molar refractivity (Wildman–Crippen MR) is 81.8 cm³/mol. The molecule has 0 atom stereocenters. The fourth-order valence-electron chi connectivity index (χ4n) is 2.72. The quantitative estimate of drug-likeness (QED) is 0.554. The fourth-order valence-corrected chi connectivity index (χ4v) is 2.72. The van der Waals surface area contributed by atoms with Gasteiger partial charge in [-0.05, 0) is 11.6 Å². The Morgan fingerprint density at radius 1 is 1.48 bits per heavy atom. The first-order valence-electron chi connectivity index (χ1n) is 7.00. The normalized spacial score (nSPS) is 14.4. The molecule has 1 aliphatic heterocycles. The van der Waals surface area contributed by atoms with Crippen molar-refractivity contribution in [2.24, 2.45) is 0 Å². The first-order valence-corrected chi connectivity index (χ1v) is 7.00. The SMILES string of the molecule is Nc1nc2c(c(=O)[nH]1)CN(Cc1ccc([N+](=O)[O-])c(O)c1)CC2. The predicted octanol–water partition coefficient (Wildman–Crippen LogP) is 0.524. The zero-order valence-corrected chi connectivity index (χ0v) is 12.2. The van der Waals surface area contributed by atoms with Crippen molar-refractivity contribution in [1.82, 2.24) is 14.9 Å². The average molecular weight is 317 g/mol. The maximum atomic E-state index is 11.9. The van der Waals surface area contributed by atoms with Crippen LogP contribution in [-0.2, 0) is 19.5 Å². The lowest BCUT2D eigenvalue weighted by Crippen LogP contribution is -2.35. The number of aromatic amines is 1. The molecule has 2 aromatic rings. The average Bonchev–Trinajstić information content (AvgIpc) is 2.47. The van der Waals surface area contributed by atoms with Gasteiger partial charge < -0.3 is 10.8 Å².